The molecule has 0 aliphatic heterocycles. The lowest BCUT2D eigenvalue weighted by Gasteiger charge is -2.20. The molecule has 0 saturated heterocycles. The molecule has 0 spiro atoms. The van der Waals surface area contributed by atoms with Crippen LogP contribution in [0.25, 0.3) is 0 Å². The predicted octanol–water partition coefficient (Wildman–Crippen LogP) is 3.95. The van der Waals surface area contributed by atoms with Crippen molar-refractivity contribution in [1.82, 2.24) is 9.97 Å². The summed E-state index contributed by atoms with van der Waals surface area (Å²) in [6.45, 7) is 10.7. The van der Waals surface area contributed by atoms with Crippen LogP contribution in [0.5, 0.6) is 0 Å². The first-order chi connectivity index (χ1) is 8.29. The molecule has 2 aromatic heterocycles. The van der Waals surface area contributed by atoms with Gasteiger partial charge in [-0.1, -0.05) is 34.6 Å². The number of thiazole rings is 1. The van der Waals surface area contributed by atoms with Gasteiger partial charge in [0.2, 0.25) is 0 Å². The number of hydrogen-bond acceptors (Lipinski definition) is 4. The molecule has 4 heteroatoms. The second-order valence-corrected chi connectivity index (χ2v) is 7.17. The third kappa shape index (κ3) is 2.80. The van der Waals surface area contributed by atoms with Crippen molar-refractivity contribution in [3.63, 3.8) is 0 Å². The third-order valence-electron chi connectivity index (χ3n) is 2.82. The molecule has 18 heavy (non-hydrogen) atoms. The highest BCUT2D eigenvalue weighted by Gasteiger charge is 2.27. The zero-order valence-corrected chi connectivity index (χ0v) is 12.5. The van der Waals surface area contributed by atoms with Crippen LogP contribution in [0.15, 0.2) is 22.2 Å². The highest BCUT2D eigenvalue weighted by molar-refractivity contribution is 7.09. The fourth-order valence-electron chi connectivity index (χ4n) is 1.80. The summed E-state index contributed by atoms with van der Waals surface area (Å²) in [6.07, 6.45) is 4.52. The molecule has 98 valence electrons. The summed E-state index contributed by atoms with van der Waals surface area (Å²) in [5, 5.41) is 3.15. The molecule has 0 atom stereocenters. The fourth-order valence-corrected chi connectivity index (χ4v) is 2.57. The normalized spacial score (nSPS) is 12.9. The Morgan fingerprint density at radius 3 is 2.39 bits per heavy atom. The van der Waals surface area contributed by atoms with Gasteiger partial charge < -0.3 is 4.42 Å². The SMILES string of the molecule is CC(C)(C)c1ncc(CC(C)(C)c2nccs2)o1. The average molecular weight is 264 g/mol. The summed E-state index contributed by atoms with van der Waals surface area (Å²) in [5.74, 6) is 1.73. The number of oxazole rings is 1. The van der Waals surface area contributed by atoms with E-state index in [-0.39, 0.29) is 10.8 Å². The van der Waals surface area contributed by atoms with Crippen LogP contribution in [0.3, 0.4) is 0 Å². The highest BCUT2D eigenvalue weighted by atomic mass is 32.1. The quantitative estimate of drug-likeness (QED) is 0.842. The van der Waals surface area contributed by atoms with Gasteiger partial charge in [0, 0.05) is 28.8 Å². The molecule has 0 radical (unpaired) electrons. The van der Waals surface area contributed by atoms with Crippen LogP contribution in [0, 0.1) is 0 Å². The van der Waals surface area contributed by atoms with Gasteiger partial charge in [-0.25, -0.2) is 9.97 Å². The van der Waals surface area contributed by atoms with E-state index in [0.29, 0.717) is 0 Å². The van der Waals surface area contributed by atoms with Crippen molar-refractivity contribution in [3.05, 3.63) is 34.4 Å². The second kappa shape index (κ2) is 4.50. The van der Waals surface area contributed by atoms with Crippen LogP contribution in [-0.2, 0) is 17.3 Å². The van der Waals surface area contributed by atoms with Crippen molar-refractivity contribution in [2.45, 2.75) is 51.9 Å². The molecular formula is C14H20N2OS. The van der Waals surface area contributed by atoms with E-state index in [4.69, 9.17) is 4.42 Å². The van der Waals surface area contributed by atoms with Crippen LogP contribution in [0.4, 0.5) is 0 Å². The molecule has 0 aliphatic rings. The Morgan fingerprint density at radius 1 is 1.17 bits per heavy atom. The van der Waals surface area contributed by atoms with Gasteiger partial charge in [-0.05, 0) is 0 Å². The van der Waals surface area contributed by atoms with E-state index in [2.05, 4.69) is 44.6 Å². The number of nitrogens with zero attached hydrogens (tertiary/aromatic N) is 2. The van der Waals surface area contributed by atoms with Crippen LogP contribution in [0.1, 0.15) is 51.3 Å². The van der Waals surface area contributed by atoms with E-state index in [1.807, 2.05) is 17.8 Å². The molecule has 0 aliphatic carbocycles. The first-order valence-electron chi connectivity index (χ1n) is 6.14. The molecular weight excluding hydrogens is 244 g/mol. The molecule has 2 aromatic rings. The monoisotopic (exact) mass is 264 g/mol. The molecule has 2 rings (SSSR count). The Morgan fingerprint density at radius 2 is 1.89 bits per heavy atom. The highest BCUT2D eigenvalue weighted by Crippen LogP contribution is 2.30. The van der Waals surface area contributed by atoms with Crippen molar-refractivity contribution in [2.75, 3.05) is 0 Å². The average Bonchev–Trinajstić information content (AvgIpc) is 2.83. The van der Waals surface area contributed by atoms with Crippen molar-refractivity contribution >= 4 is 11.3 Å². The Labute approximate surface area is 112 Å². The number of aromatic nitrogens is 2. The van der Waals surface area contributed by atoms with E-state index < -0.39 is 0 Å². The maximum atomic E-state index is 5.85. The Balaban J connectivity index is 2.17. The fraction of sp³-hybridized carbons (Fsp3) is 0.571. The summed E-state index contributed by atoms with van der Waals surface area (Å²) in [4.78, 5) is 8.77. The largest absolute Gasteiger partial charge is 0.445 e. The van der Waals surface area contributed by atoms with Gasteiger partial charge in [0.15, 0.2) is 5.89 Å². The van der Waals surface area contributed by atoms with Crippen LogP contribution in [0.2, 0.25) is 0 Å². The Kier molecular flexibility index (Phi) is 3.32. The lowest BCUT2D eigenvalue weighted by Crippen LogP contribution is -2.20. The zero-order valence-electron chi connectivity index (χ0n) is 11.7. The van der Waals surface area contributed by atoms with Gasteiger partial charge in [-0.3, -0.25) is 0 Å². The first kappa shape index (κ1) is 13.3. The lowest BCUT2D eigenvalue weighted by atomic mass is 9.89. The molecule has 2 heterocycles. The molecule has 3 nitrogen and oxygen atoms in total. The first-order valence-corrected chi connectivity index (χ1v) is 7.02. The number of hydrogen-bond donors (Lipinski definition) is 0. The smallest absolute Gasteiger partial charge is 0.199 e. The zero-order chi connectivity index (χ0) is 13.4. The molecule has 0 unspecified atom stereocenters. The molecule has 0 saturated carbocycles. The van der Waals surface area contributed by atoms with E-state index >= 15 is 0 Å². The van der Waals surface area contributed by atoms with Crippen LogP contribution < -0.4 is 0 Å². The predicted molar refractivity (Wildman–Crippen MR) is 74.0 cm³/mol. The maximum absolute atomic E-state index is 5.85. The molecule has 0 amide bonds. The van der Waals surface area contributed by atoms with Gasteiger partial charge in [-0.2, -0.15) is 0 Å². The van der Waals surface area contributed by atoms with Gasteiger partial charge in [-0.15, -0.1) is 11.3 Å². The molecule has 0 aromatic carbocycles. The third-order valence-corrected chi connectivity index (χ3v) is 3.96. The minimum absolute atomic E-state index is 0.0111. The summed E-state index contributed by atoms with van der Waals surface area (Å²) >= 11 is 1.69. The minimum Gasteiger partial charge on any atom is -0.445 e. The topological polar surface area (TPSA) is 38.9 Å². The summed E-state index contributed by atoms with van der Waals surface area (Å²) < 4.78 is 5.85. The second-order valence-electron chi connectivity index (χ2n) is 6.28. The summed E-state index contributed by atoms with van der Waals surface area (Å²) in [6, 6.07) is 0. The van der Waals surface area contributed by atoms with Gasteiger partial charge in [0.1, 0.15) is 5.76 Å². The van der Waals surface area contributed by atoms with Gasteiger partial charge >= 0.3 is 0 Å². The van der Waals surface area contributed by atoms with E-state index in [1.54, 1.807) is 11.3 Å². The summed E-state index contributed by atoms with van der Waals surface area (Å²) in [7, 11) is 0. The van der Waals surface area contributed by atoms with E-state index in [1.165, 1.54) is 0 Å². The maximum Gasteiger partial charge on any atom is 0.199 e. The van der Waals surface area contributed by atoms with Crippen molar-refractivity contribution in [3.8, 4) is 0 Å². The van der Waals surface area contributed by atoms with Crippen molar-refractivity contribution in [1.29, 1.82) is 0 Å². The number of rotatable bonds is 3. The summed E-state index contributed by atoms with van der Waals surface area (Å²) in [5.41, 5.74) is -0.0492. The van der Waals surface area contributed by atoms with Gasteiger partial charge in [0.25, 0.3) is 0 Å². The Bertz CT molecular complexity index is 506. The Hall–Kier alpha value is -1.16. The van der Waals surface area contributed by atoms with Crippen LogP contribution in [-0.4, -0.2) is 9.97 Å². The van der Waals surface area contributed by atoms with Crippen LogP contribution >= 0.6 is 11.3 Å². The van der Waals surface area contributed by atoms with Crippen molar-refractivity contribution < 1.29 is 4.42 Å². The van der Waals surface area contributed by atoms with Crippen molar-refractivity contribution in [2.24, 2.45) is 0 Å². The van der Waals surface area contributed by atoms with E-state index in [0.717, 1.165) is 23.1 Å². The van der Waals surface area contributed by atoms with E-state index in [9.17, 15) is 0 Å². The molecule has 0 N–H and O–H groups in total. The standard InChI is InChI=1S/C14H20N2OS/c1-13(2,3)11-16-9-10(17-11)8-14(4,5)12-15-6-7-18-12/h6-7,9H,8H2,1-5H3. The molecule has 0 bridgehead atoms. The molecule has 0 fully saturated rings. The minimum atomic E-state index is -0.0381. The lowest BCUT2D eigenvalue weighted by molar-refractivity contribution is 0.353. The van der Waals surface area contributed by atoms with Gasteiger partial charge in [0.05, 0.1) is 11.2 Å².